The Labute approximate surface area is 89.2 Å². The molecule has 0 atom stereocenters. The van der Waals surface area contributed by atoms with E-state index in [4.69, 9.17) is 22.6 Å². The van der Waals surface area contributed by atoms with Gasteiger partial charge >= 0.3 is 0 Å². The maximum absolute atomic E-state index is 8.54. The summed E-state index contributed by atoms with van der Waals surface area (Å²) in [5.41, 5.74) is 5.49. The highest BCUT2D eigenvalue weighted by Gasteiger charge is 2.10. The Morgan fingerprint density at radius 1 is 1.40 bits per heavy atom. The van der Waals surface area contributed by atoms with E-state index in [0.29, 0.717) is 0 Å². The van der Waals surface area contributed by atoms with Crippen LogP contribution in [0.1, 0.15) is 5.82 Å². The van der Waals surface area contributed by atoms with Crippen LogP contribution in [0.25, 0.3) is 5.82 Å². The fraction of sp³-hybridized carbons (Fsp3) is 0. The number of nitrogen functional groups attached to an aromatic ring is 1. The number of aromatic nitrogens is 5. The number of rotatable bonds is 1. The van der Waals surface area contributed by atoms with Gasteiger partial charge < -0.3 is 5.73 Å². The molecule has 0 saturated heterocycles. The van der Waals surface area contributed by atoms with Gasteiger partial charge in [-0.3, -0.25) is 0 Å². The molecule has 0 aliphatic heterocycles. The second kappa shape index (κ2) is 3.51. The molecule has 0 aromatic carbocycles. The Morgan fingerprint density at radius 3 is 2.87 bits per heavy atom. The van der Waals surface area contributed by atoms with Crippen LogP contribution in [-0.4, -0.2) is 24.7 Å². The van der Waals surface area contributed by atoms with Gasteiger partial charge in [0.25, 0.3) is 5.82 Å². The first-order valence-electron chi connectivity index (χ1n) is 3.80. The minimum atomic E-state index is 0.0308. The smallest absolute Gasteiger partial charge is 0.252 e. The molecular weight excluding hydrogens is 218 g/mol. The summed E-state index contributed by atoms with van der Waals surface area (Å²) >= 11 is 5.86. The Balaban J connectivity index is 2.55. The Hall–Kier alpha value is -2.20. The molecule has 0 aliphatic rings. The zero-order chi connectivity index (χ0) is 10.8. The van der Waals surface area contributed by atoms with Crippen LogP contribution < -0.4 is 5.73 Å². The van der Waals surface area contributed by atoms with Gasteiger partial charge in [-0.2, -0.15) is 9.94 Å². The molecule has 7 nitrogen and oxygen atoms in total. The van der Waals surface area contributed by atoms with Crippen molar-refractivity contribution in [2.24, 2.45) is 0 Å². The minimum Gasteiger partial charge on any atom is -0.382 e. The molecule has 0 bridgehead atoms. The van der Waals surface area contributed by atoms with Gasteiger partial charge in [0.05, 0.1) is 0 Å². The first kappa shape index (κ1) is 9.36. The first-order chi connectivity index (χ1) is 7.22. The van der Waals surface area contributed by atoms with E-state index in [1.165, 1.54) is 17.3 Å². The maximum atomic E-state index is 8.54. The maximum Gasteiger partial charge on any atom is 0.252 e. The van der Waals surface area contributed by atoms with Crippen molar-refractivity contribution in [2.45, 2.75) is 0 Å². The van der Waals surface area contributed by atoms with Crippen LogP contribution in [0.3, 0.4) is 0 Å². The molecule has 2 aromatic rings. The summed E-state index contributed by atoms with van der Waals surface area (Å²) in [5, 5.41) is 12.5. The van der Waals surface area contributed by atoms with Crippen LogP contribution in [0.2, 0.25) is 5.02 Å². The monoisotopic (exact) mass is 221 g/mol. The van der Waals surface area contributed by atoms with Crippen LogP contribution in [0.5, 0.6) is 0 Å². The number of nitrogens with zero attached hydrogens (tertiary/aromatic N) is 6. The summed E-state index contributed by atoms with van der Waals surface area (Å²) < 4.78 is 1.26. The molecule has 2 N–H and O–H groups in total. The summed E-state index contributed by atoms with van der Waals surface area (Å²) in [5.74, 6) is 0.470. The molecule has 0 radical (unpaired) electrons. The largest absolute Gasteiger partial charge is 0.382 e. The van der Waals surface area contributed by atoms with Gasteiger partial charge in [-0.15, -0.1) is 5.10 Å². The topological polar surface area (TPSA) is 106 Å². The van der Waals surface area contributed by atoms with Gasteiger partial charge in [0.15, 0.2) is 5.82 Å². The van der Waals surface area contributed by atoms with Gasteiger partial charge in [0.1, 0.15) is 29.6 Å². The summed E-state index contributed by atoms with van der Waals surface area (Å²) in [6.07, 6.45) is 2.58. The van der Waals surface area contributed by atoms with Crippen LogP contribution in [-0.2, 0) is 0 Å². The fourth-order valence-corrected chi connectivity index (χ4v) is 1.13. The molecule has 74 valence electrons. The molecule has 15 heavy (non-hydrogen) atoms. The number of anilines is 1. The van der Waals surface area contributed by atoms with Gasteiger partial charge in [-0.25, -0.2) is 15.0 Å². The number of halogens is 1. The summed E-state index contributed by atoms with van der Waals surface area (Å²) in [6, 6.07) is 1.79. The van der Waals surface area contributed by atoms with Gasteiger partial charge in [-0.1, -0.05) is 11.6 Å². The molecule has 0 amide bonds. The average Bonchev–Trinajstić information content (AvgIpc) is 2.70. The van der Waals surface area contributed by atoms with E-state index in [2.05, 4.69) is 20.1 Å². The Bertz CT molecular complexity index is 541. The van der Waals surface area contributed by atoms with Crippen LogP contribution in [0.4, 0.5) is 5.82 Å². The molecule has 0 spiro atoms. The molecule has 2 rings (SSSR count). The third-order valence-corrected chi connectivity index (χ3v) is 1.97. The lowest BCUT2D eigenvalue weighted by molar-refractivity contribution is 0.834. The fourth-order valence-electron chi connectivity index (χ4n) is 0.950. The van der Waals surface area contributed by atoms with Crippen molar-refractivity contribution >= 4 is 17.4 Å². The SMILES string of the molecule is N#Cc1ncn(-c2ncnc(N)c2Cl)n1. The van der Waals surface area contributed by atoms with E-state index in [-0.39, 0.29) is 22.5 Å². The number of nitrogens with two attached hydrogens (primary N) is 1. The van der Waals surface area contributed by atoms with Gasteiger partial charge in [0.2, 0.25) is 0 Å². The molecule has 8 heteroatoms. The minimum absolute atomic E-state index is 0.0308. The molecule has 0 saturated carbocycles. The van der Waals surface area contributed by atoms with E-state index >= 15 is 0 Å². The van der Waals surface area contributed by atoms with E-state index in [1.54, 1.807) is 6.07 Å². The van der Waals surface area contributed by atoms with Gasteiger partial charge in [-0.05, 0) is 0 Å². The molecular formula is C7H4ClN7. The molecule has 2 heterocycles. The predicted octanol–water partition coefficient (Wildman–Crippen LogP) is 0.165. The normalized spacial score (nSPS) is 9.87. The van der Waals surface area contributed by atoms with Crippen LogP contribution >= 0.6 is 11.6 Å². The highest BCUT2D eigenvalue weighted by Crippen LogP contribution is 2.21. The van der Waals surface area contributed by atoms with Gasteiger partial charge in [0, 0.05) is 0 Å². The van der Waals surface area contributed by atoms with Crippen LogP contribution in [0.15, 0.2) is 12.7 Å². The standard InChI is InChI=1S/C7H4ClN7/c8-5-6(10)11-2-12-7(5)15-3-13-4(1-9)14-15/h2-3H,(H2,10,11,12). The highest BCUT2D eigenvalue weighted by atomic mass is 35.5. The van der Waals surface area contributed by atoms with Crippen molar-refractivity contribution in [2.75, 3.05) is 5.73 Å². The zero-order valence-corrected chi connectivity index (χ0v) is 8.05. The molecule has 2 aromatic heterocycles. The van der Waals surface area contributed by atoms with Crippen molar-refractivity contribution in [3.05, 3.63) is 23.5 Å². The molecule has 0 unspecified atom stereocenters. The highest BCUT2D eigenvalue weighted by molar-refractivity contribution is 6.34. The van der Waals surface area contributed by atoms with Crippen molar-refractivity contribution in [3.8, 4) is 11.9 Å². The second-order valence-corrected chi connectivity index (χ2v) is 2.90. The second-order valence-electron chi connectivity index (χ2n) is 2.52. The summed E-state index contributed by atoms with van der Waals surface area (Å²) in [7, 11) is 0. The van der Waals surface area contributed by atoms with E-state index in [9.17, 15) is 0 Å². The van der Waals surface area contributed by atoms with Crippen molar-refractivity contribution < 1.29 is 0 Å². The average molecular weight is 222 g/mol. The lowest BCUT2D eigenvalue weighted by Crippen LogP contribution is -2.03. The molecule has 0 fully saturated rings. The zero-order valence-electron chi connectivity index (χ0n) is 7.29. The van der Waals surface area contributed by atoms with E-state index in [1.807, 2.05) is 0 Å². The lowest BCUT2D eigenvalue weighted by Gasteiger charge is -2.02. The summed E-state index contributed by atoms with van der Waals surface area (Å²) in [6.45, 7) is 0. The van der Waals surface area contributed by atoms with E-state index in [0.717, 1.165) is 0 Å². The van der Waals surface area contributed by atoms with Crippen molar-refractivity contribution in [1.82, 2.24) is 24.7 Å². The van der Waals surface area contributed by atoms with Crippen LogP contribution in [0, 0.1) is 11.3 Å². The van der Waals surface area contributed by atoms with Crippen molar-refractivity contribution in [3.63, 3.8) is 0 Å². The quantitative estimate of drug-likeness (QED) is 0.735. The Morgan fingerprint density at radius 2 is 2.20 bits per heavy atom. The third-order valence-electron chi connectivity index (χ3n) is 1.61. The first-order valence-corrected chi connectivity index (χ1v) is 4.18. The third kappa shape index (κ3) is 1.58. The predicted molar refractivity (Wildman–Crippen MR) is 51.1 cm³/mol. The summed E-state index contributed by atoms with van der Waals surface area (Å²) in [4.78, 5) is 11.3. The Kier molecular flexibility index (Phi) is 2.19. The number of nitriles is 1. The number of hydrogen-bond donors (Lipinski definition) is 1. The molecule has 0 aliphatic carbocycles. The van der Waals surface area contributed by atoms with Crippen molar-refractivity contribution in [1.29, 1.82) is 5.26 Å². The number of hydrogen-bond acceptors (Lipinski definition) is 6. The van der Waals surface area contributed by atoms with E-state index < -0.39 is 0 Å². The lowest BCUT2D eigenvalue weighted by atomic mass is 10.5.